The summed E-state index contributed by atoms with van der Waals surface area (Å²) in [7, 11) is 0. The minimum atomic E-state index is -6.44. The van der Waals surface area contributed by atoms with E-state index in [9.17, 15) is 43.9 Å². The molecule has 0 N–H and O–H groups in total. The van der Waals surface area contributed by atoms with Crippen LogP contribution in [-0.4, -0.2) is 35.8 Å². The zero-order chi connectivity index (χ0) is 13.9. The van der Waals surface area contributed by atoms with Crippen LogP contribution < -0.4 is 0 Å². The van der Waals surface area contributed by atoms with Gasteiger partial charge in [0.2, 0.25) is 0 Å². The molecule has 0 aromatic heterocycles. The number of ether oxygens (including phenoxy) is 1. The number of nitrogens with zero attached hydrogens (tertiary/aromatic N) is 1. The van der Waals surface area contributed by atoms with E-state index in [2.05, 4.69) is 4.74 Å². The van der Waals surface area contributed by atoms with Crippen LogP contribution in [0.3, 0.4) is 0 Å². The van der Waals surface area contributed by atoms with E-state index in [1.54, 1.807) is 0 Å². The van der Waals surface area contributed by atoms with Crippen LogP contribution in [0, 0.1) is 0 Å². The maximum absolute atomic E-state index is 12.5. The van der Waals surface area contributed by atoms with Gasteiger partial charge in [0.15, 0.2) is 0 Å². The average Bonchev–Trinajstić information content (AvgIpc) is 1.95. The van der Waals surface area contributed by atoms with E-state index in [1.807, 2.05) is 0 Å². The molecule has 1 unspecified atom stereocenters. The van der Waals surface area contributed by atoms with Crippen LogP contribution in [0.25, 0.3) is 0 Å². The molecular weight excluding hydrogens is 280 g/mol. The van der Waals surface area contributed by atoms with Gasteiger partial charge >= 0.3 is 24.6 Å². The molecule has 1 heterocycles. The fourth-order valence-corrected chi connectivity index (χ4v) is 1.00. The second-order valence-electron chi connectivity index (χ2n) is 2.90. The molecule has 0 aromatic carbocycles. The molecule has 2 nitrogen and oxygen atoms in total. The van der Waals surface area contributed by atoms with Crippen molar-refractivity contribution in [2.45, 2.75) is 30.9 Å². The lowest BCUT2D eigenvalue weighted by Crippen LogP contribution is -2.72. The van der Waals surface area contributed by atoms with Gasteiger partial charge in [0, 0.05) is 0 Å². The van der Waals surface area contributed by atoms with E-state index in [1.165, 1.54) is 0 Å². The van der Waals surface area contributed by atoms with Gasteiger partial charge in [-0.3, -0.25) is 0 Å². The minimum absolute atomic E-state index is 2.08. The van der Waals surface area contributed by atoms with Gasteiger partial charge in [-0.25, -0.2) is 9.13 Å². The van der Waals surface area contributed by atoms with Gasteiger partial charge in [-0.15, -0.1) is 4.90 Å². The van der Waals surface area contributed by atoms with Crippen molar-refractivity contribution in [1.29, 1.82) is 0 Å². The highest BCUT2D eigenvalue weighted by Crippen LogP contribution is 2.53. The zero-order valence-electron chi connectivity index (χ0n) is 7.21. The monoisotopic (exact) mass is 281 g/mol. The molecule has 0 aromatic rings. The molecule has 1 fully saturated rings. The number of rotatable bonds is 0. The van der Waals surface area contributed by atoms with Crippen LogP contribution in [0.5, 0.6) is 0 Å². The largest absolute Gasteiger partial charge is 0.467 e. The average molecular weight is 281 g/mol. The Morgan fingerprint density at radius 1 is 0.941 bits per heavy atom. The Hall–Kier alpha value is -0.780. The first-order valence-electron chi connectivity index (χ1n) is 3.57. The Morgan fingerprint density at radius 3 is 1.71 bits per heavy atom. The van der Waals surface area contributed by atoms with Gasteiger partial charge in [0.25, 0.3) is 6.30 Å². The Morgan fingerprint density at radius 2 is 1.35 bits per heavy atom. The van der Waals surface area contributed by atoms with Gasteiger partial charge in [-0.1, -0.05) is 0 Å². The quantitative estimate of drug-likeness (QED) is 0.500. The summed E-state index contributed by atoms with van der Waals surface area (Å²) in [6.07, 6.45) is -23.2. The molecule has 102 valence electrons. The molecule has 0 bridgehead atoms. The molecule has 12 heteroatoms. The van der Waals surface area contributed by atoms with Crippen molar-refractivity contribution < 1.29 is 48.6 Å². The van der Waals surface area contributed by atoms with Crippen molar-refractivity contribution in [3.63, 3.8) is 0 Å². The topological polar surface area (TPSA) is 12.5 Å². The number of hydrogen-bond acceptors (Lipinski definition) is 2. The van der Waals surface area contributed by atoms with Crippen LogP contribution in [-0.2, 0) is 4.74 Å². The summed E-state index contributed by atoms with van der Waals surface area (Å²) in [6, 6.07) is -6.30. The molecule has 1 saturated heterocycles. The summed E-state index contributed by atoms with van der Waals surface area (Å²) in [5.74, 6) is 0. The second kappa shape index (κ2) is 3.37. The van der Waals surface area contributed by atoms with E-state index >= 15 is 0 Å². The fraction of sp³-hybridized carbons (Fsp3) is 1.00. The lowest BCUT2D eigenvalue weighted by molar-refractivity contribution is -0.551. The summed E-state index contributed by atoms with van der Waals surface area (Å²) in [5.41, 5.74) is 0. The Labute approximate surface area is 85.7 Å². The third kappa shape index (κ3) is 2.03. The van der Waals surface area contributed by atoms with E-state index in [0.717, 1.165) is 0 Å². The molecular formula is C5HF10NO. The number of alkyl halides is 10. The molecule has 0 spiro atoms. The van der Waals surface area contributed by atoms with Crippen LogP contribution in [0.1, 0.15) is 0 Å². The number of morpholine rings is 1. The summed E-state index contributed by atoms with van der Waals surface area (Å²) in [6.45, 7) is 0. The minimum Gasteiger partial charge on any atom is -0.246 e. The third-order valence-electron chi connectivity index (χ3n) is 1.69. The first-order valence-corrected chi connectivity index (χ1v) is 3.57. The predicted molar refractivity (Wildman–Crippen MR) is 28.7 cm³/mol. The van der Waals surface area contributed by atoms with Crippen LogP contribution in [0.4, 0.5) is 43.9 Å². The molecule has 0 amide bonds. The van der Waals surface area contributed by atoms with Crippen molar-refractivity contribution in [2.24, 2.45) is 0 Å². The molecule has 1 aliphatic heterocycles. The van der Waals surface area contributed by atoms with Crippen LogP contribution in [0.15, 0.2) is 0 Å². The molecule has 1 rings (SSSR count). The highest BCUT2D eigenvalue weighted by molar-refractivity contribution is 4.91. The van der Waals surface area contributed by atoms with Gasteiger partial charge in [-0.2, -0.15) is 39.5 Å². The molecule has 0 radical (unpaired) electrons. The predicted octanol–water partition coefficient (Wildman–Crippen LogP) is 2.91. The Bertz CT molecular complexity index is 310. The van der Waals surface area contributed by atoms with Crippen LogP contribution >= 0.6 is 0 Å². The van der Waals surface area contributed by atoms with Gasteiger partial charge in [-0.05, 0) is 0 Å². The van der Waals surface area contributed by atoms with Crippen LogP contribution in [0.2, 0.25) is 0 Å². The molecule has 1 atom stereocenters. The van der Waals surface area contributed by atoms with Crippen molar-refractivity contribution in [1.82, 2.24) is 4.90 Å². The third-order valence-corrected chi connectivity index (χ3v) is 1.69. The van der Waals surface area contributed by atoms with E-state index in [4.69, 9.17) is 0 Å². The number of halogens is 10. The van der Waals surface area contributed by atoms with Gasteiger partial charge < -0.3 is 0 Å². The lowest BCUT2D eigenvalue weighted by atomic mass is 10.3. The normalized spacial score (nSPS) is 32.5. The highest BCUT2D eigenvalue weighted by Gasteiger charge is 2.80. The molecule has 17 heavy (non-hydrogen) atoms. The fourth-order valence-electron chi connectivity index (χ4n) is 1.00. The summed E-state index contributed by atoms with van der Waals surface area (Å²) in [4.78, 5) is -2.89. The van der Waals surface area contributed by atoms with Crippen molar-refractivity contribution >= 4 is 0 Å². The summed E-state index contributed by atoms with van der Waals surface area (Å²) < 4.78 is 124. The highest BCUT2D eigenvalue weighted by atomic mass is 19.4. The molecule has 0 saturated carbocycles. The Balaban J connectivity index is 3.32. The first-order chi connectivity index (χ1) is 7.23. The van der Waals surface area contributed by atoms with Gasteiger partial charge in [0.05, 0.1) is 0 Å². The first kappa shape index (κ1) is 14.3. The standard InChI is InChI=1S/C5HF10NO/c6-1-2(7,8)17-4(11,12)3(9,10)16(1)5(13,14)15/h1H. The van der Waals surface area contributed by atoms with E-state index < -0.39 is 35.8 Å². The smallest absolute Gasteiger partial charge is 0.246 e. The zero-order valence-corrected chi connectivity index (χ0v) is 7.21. The second-order valence-corrected chi connectivity index (χ2v) is 2.90. The van der Waals surface area contributed by atoms with Crippen molar-refractivity contribution in [3.05, 3.63) is 0 Å². The maximum atomic E-state index is 12.5. The van der Waals surface area contributed by atoms with Crippen molar-refractivity contribution in [3.8, 4) is 0 Å². The molecule has 1 aliphatic rings. The SMILES string of the molecule is FC1N(C(F)(F)F)C(F)(F)C(F)(F)OC1(F)F. The van der Waals surface area contributed by atoms with E-state index in [0.29, 0.717) is 0 Å². The maximum Gasteiger partial charge on any atom is 0.467 e. The molecule has 0 aliphatic carbocycles. The lowest BCUT2D eigenvalue weighted by Gasteiger charge is -2.44. The Kier molecular flexibility index (Phi) is 2.83. The number of hydrogen-bond donors (Lipinski definition) is 0. The summed E-state index contributed by atoms with van der Waals surface area (Å²) in [5, 5.41) is 0. The van der Waals surface area contributed by atoms with Crippen molar-refractivity contribution in [2.75, 3.05) is 0 Å². The van der Waals surface area contributed by atoms with Gasteiger partial charge in [0.1, 0.15) is 0 Å². The summed E-state index contributed by atoms with van der Waals surface area (Å²) >= 11 is 0. The van der Waals surface area contributed by atoms with E-state index in [-0.39, 0.29) is 0 Å².